The SMILES string of the molecule is CC(C)C(CCO)NC(=O)C1CCCN(S(C)(=O)=O)C1. The van der Waals surface area contributed by atoms with Gasteiger partial charge in [-0.1, -0.05) is 13.8 Å². The third kappa shape index (κ3) is 5.03. The first-order valence-corrected chi connectivity index (χ1v) is 8.97. The van der Waals surface area contributed by atoms with E-state index in [2.05, 4.69) is 5.32 Å². The Labute approximate surface area is 121 Å². The van der Waals surface area contributed by atoms with Gasteiger partial charge in [0, 0.05) is 25.7 Å². The smallest absolute Gasteiger partial charge is 0.224 e. The lowest BCUT2D eigenvalue weighted by Crippen LogP contribution is -2.48. The molecule has 0 aromatic carbocycles. The normalized spacial score (nSPS) is 22.8. The van der Waals surface area contributed by atoms with E-state index in [-0.39, 0.29) is 36.9 Å². The van der Waals surface area contributed by atoms with Gasteiger partial charge in [-0.25, -0.2) is 12.7 Å². The molecular weight excluding hydrogens is 280 g/mol. The number of nitrogens with zero attached hydrogens (tertiary/aromatic N) is 1. The van der Waals surface area contributed by atoms with Crippen LogP contribution in [0, 0.1) is 11.8 Å². The summed E-state index contributed by atoms with van der Waals surface area (Å²) in [5.74, 6) is -0.162. The molecule has 2 unspecified atom stereocenters. The number of hydrogen-bond donors (Lipinski definition) is 2. The molecule has 118 valence electrons. The minimum absolute atomic E-state index is 0.0310. The average molecular weight is 306 g/mol. The van der Waals surface area contributed by atoms with Gasteiger partial charge < -0.3 is 10.4 Å². The van der Waals surface area contributed by atoms with E-state index in [1.807, 2.05) is 13.8 Å². The van der Waals surface area contributed by atoms with Crippen LogP contribution in [0.25, 0.3) is 0 Å². The number of aliphatic hydroxyl groups excluding tert-OH is 1. The van der Waals surface area contributed by atoms with Gasteiger partial charge in [0.15, 0.2) is 0 Å². The molecule has 0 saturated carbocycles. The molecule has 7 heteroatoms. The van der Waals surface area contributed by atoms with Gasteiger partial charge >= 0.3 is 0 Å². The maximum Gasteiger partial charge on any atom is 0.224 e. The molecule has 2 atom stereocenters. The lowest BCUT2D eigenvalue weighted by atomic mass is 9.96. The van der Waals surface area contributed by atoms with Crippen molar-refractivity contribution in [2.45, 2.75) is 39.2 Å². The number of rotatable bonds is 6. The highest BCUT2D eigenvalue weighted by molar-refractivity contribution is 7.88. The maximum absolute atomic E-state index is 12.2. The maximum atomic E-state index is 12.2. The van der Waals surface area contributed by atoms with Crippen LogP contribution < -0.4 is 5.32 Å². The Morgan fingerprint density at radius 2 is 2.10 bits per heavy atom. The lowest BCUT2D eigenvalue weighted by Gasteiger charge is -2.32. The average Bonchev–Trinajstić information content (AvgIpc) is 2.37. The van der Waals surface area contributed by atoms with Crippen molar-refractivity contribution >= 4 is 15.9 Å². The summed E-state index contributed by atoms with van der Waals surface area (Å²) >= 11 is 0. The fourth-order valence-corrected chi connectivity index (χ4v) is 3.38. The monoisotopic (exact) mass is 306 g/mol. The van der Waals surface area contributed by atoms with Crippen LogP contribution in [0.15, 0.2) is 0 Å². The number of aliphatic hydroxyl groups is 1. The van der Waals surface area contributed by atoms with Crippen molar-refractivity contribution in [3.63, 3.8) is 0 Å². The highest BCUT2D eigenvalue weighted by atomic mass is 32.2. The van der Waals surface area contributed by atoms with Crippen molar-refractivity contribution in [2.75, 3.05) is 26.0 Å². The van der Waals surface area contributed by atoms with Crippen molar-refractivity contribution in [1.82, 2.24) is 9.62 Å². The van der Waals surface area contributed by atoms with Gasteiger partial charge in [-0.15, -0.1) is 0 Å². The lowest BCUT2D eigenvalue weighted by molar-refractivity contribution is -0.127. The van der Waals surface area contributed by atoms with Crippen LogP contribution in [-0.4, -0.2) is 55.7 Å². The zero-order chi connectivity index (χ0) is 15.3. The van der Waals surface area contributed by atoms with Gasteiger partial charge in [0.25, 0.3) is 0 Å². The van der Waals surface area contributed by atoms with E-state index in [1.54, 1.807) is 0 Å². The van der Waals surface area contributed by atoms with Crippen LogP contribution >= 0.6 is 0 Å². The molecule has 1 aliphatic heterocycles. The molecule has 0 bridgehead atoms. The summed E-state index contributed by atoms with van der Waals surface area (Å²) in [6, 6.07) is -0.0684. The minimum Gasteiger partial charge on any atom is -0.396 e. The summed E-state index contributed by atoms with van der Waals surface area (Å²) in [4.78, 5) is 12.2. The summed E-state index contributed by atoms with van der Waals surface area (Å²) in [6.07, 6.45) is 3.11. The Morgan fingerprint density at radius 1 is 1.45 bits per heavy atom. The molecule has 2 N–H and O–H groups in total. The van der Waals surface area contributed by atoms with Gasteiger partial charge in [0.05, 0.1) is 12.2 Å². The summed E-state index contributed by atoms with van der Waals surface area (Å²) in [5, 5.41) is 12.0. The summed E-state index contributed by atoms with van der Waals surface area (Å²) < 4.78 is 24.5. The van der Waals surface area contributed by atoms with Crippen molar-refractivity contribution in [2.24, 2.45) is 11.8 Å². The Morgan fingerprint density at radius 3 is 2.60 bits per heavy atom. The molecule has 1 amide bonds. The zero-order valence-electron chi connectivity index (χ0n) is 12.5. The molecule has 20 heavy (non-hydrogen) atoms. The van der Waals surface area contributed by atoms with Crippen LogP contribution in [0.2, 0.25) is 0 Å². The first-order chi connectivity index (χ1) is 9.25. The van der Waals surface area contributed by atoms with Gasteiger partial charge in [-0.3, -0.25) is 4.79 Å². The van der Waals surface area contributed by atoms with Crippen molar-refractivity contribution in [1.29, 1.82) is 0 Å². The number of carbonyl (C=O) groups excluding carboxylic acids is 1. The molecular formula is C13H26N2O4S. The van der Waals surface area contributed by atoms with Crippen molar-refractivity contribution < 1.29 is 18.3 Å². The topological polar surface area (TPSA) is 86.7 Å². The number of piperidine rings is 1. The van der Waals surface area contributed by atoms with Gasteiger partial charge in [-0.05, 0) is 25.2 Å². The third-order valence-electron chi connectivity index (χ3n) is 3.80. The number of amides is 1. The quantitative estimate of drug-likeness (QED) is 0.733. The first kappa shape index (κ1) is 17.4. The fourth-order valence-electron chi connectivity index (χ4n) is 2.47. The van der Waals surface area contributed by atoms with Crippen LogP contribution in [0.3, 0.4) is 0 Å². The Balaban J connectivity index is 2.62. The highest BCUT2D eigenvalue weighted by Crippen LogP contribution is 2.19. The molecule has 1 saturated heterocycles. The molecule has 0 aromatic rings. The van der Waals surface area contributed by atoms with Crippen molar-refractivity contribution in [3.05, 3.63) is 0 Å². The van der Waals surface area contributed by atoms with Crippen LogP contribution in [0.1, 0.15) is 33.1 Å². The summed E-state index contributed by atoms with van der Waals surface area (Å²) in [5.41, 5.74) is 0. The zero-order valence-corrected chi connectivity index (χ0v) is 13.3. The minimum atomic E-state index is -3.23. The van der Waals surface area contributed by atoms with E-state index >= 15 is 0 Å². The van der Waals surface area contributed by atoms with Gasteiger partial charge in [0.2, 0.25) is 15.9 Å². The number of hydrogen-bond acceptors (Lipinski definition) is 4. The van der Waals surface area contributed by atoms with E-state index in [0.29, 0.717) is 25.8 Å². The van der Waals surface area contributed by atoms with Crippen LogP contribution in [-0.2, 0) is 14.8 Å². The van der Waals surface area contributed by atoms with Crippen LogP contribution in [0.5, 0.6) is 0 Å². The first-order valence-electron chi connectivity index (χ1n) is 7.12. The second kappa shape index (κ2) is 7.38. The molecule has 0 spiro atoms. The van der Waals surface area contributed by atoms with E-state index in [4.69, 9.17) is 5.11 Å². The molecule has 0 aromatic heterocycles. The second-order valence-corrected chi connectivity index (χ2v) is 7.81. The Bertz CT molecular complexity index is 422. The van der Waals surface area contributed by atoms with Gasteiger partial charge in [0.1, 0.15) is 0 Å². The molecule has 1 aliphatic rings. The second-order valence-electron chi connectivity index (χ2n) is 5.83. The molecule has 0 aliphatic carbocycles. The van der Waals surface area contributed by atoms with E-state index < -0.39 is 10.0 Å². The number of nitrogens with one attached hydrogen (secondary N) is 1. The highest BCUT2D eigenvalue weighted by Gasteiger charge is 2.31. The Kier molecular flexibility index (Phi) is 6.42. The predicted molar refractivity (Wildman–Crippen MR) is 77.6 cm³/mol. The van der Waals surface area contributed by atoms with Crippen LogP contribution in [0.4, 0.5) is 0 Å². The predicted octanol–water partition coefficient (Wildman–Crippen LogP) is 0.181. The molecule has 1 fully saturated rings. The molecule has 0 radical (unpaired) electrons. The van der Waals surface area contributed by atoms with Gasteiger partial charge in [-0.2, -0.15) is 0 Å². The van der Waals surface area contributed by atoms with E-state index in [1.165, 1.54) is 10.6 Å². The fraction of sp³-hybridized carbons (Fsp3) is 0.923. The Hall–Kier alpha value is -0.660. The third-order valence-corrected chi connectivity index (χ3v) is 5.07. The number of sulfonamides is 1. The molecule has 1 rings (SSSR count). The largest absolute Gasteiger partial charge is 0.396 e. The molecule has 1 heterocycles. The number of carbonyl (C=O) groups is 1. The van der Waals surface area contributed by atoms with E-state index in [0.717, 1.165) is 0 Å². The standard InChI is InChI=1S/C13H26N2O4S/c1-10(2)12(6-8-16)14-13(17)11-5-4-7-15(9-11)20(3,18)19/h10-12,16H,4-9H2,1-3H3,(H,14,17). The van der Waals surface area contributed by atoms with E-state index in [9.17, 15) is 13.2 Å². The summed E-state index contributed by atoms with van der Waals surface area (Å²) in [7, 11) is -3.23. The summed E-state index contributed by atoms with van der Waals surface area (Å²) in [6.45, 7) is 4.76. The molecule has 6 nitrogen and oxygen atoms in total. The van der Waals surface area contributed by atoms with Crippen molar-refractivity contribution in [3.8, 4) is 0 Å².